The summed E-state index contributed by atoms with van der Waals surface area (Å²) in [5, 5.41) is 26.9. The first kappa shape index (κ1) is 15.8. The summed E-state index contributed by atoms with van der Waals surface area (Å²) in [6, 6.07) is 13.3. The van der Waals surface area contributed by atoms with E-state index in [1.165, 1.54) is 4.68 Å². The fourth-order valence-electron chi connectivity index (χ4n) is 2.75. The molecular weight excluding hydrogens is 356 g/mol. The molecular formula is C18H13ClN4OS. The predicted molar refractivity (Wildman–Crippen MR) is 99.7 cm³/mol. The molecule has 7 heteroatoms. The summed E-state index contributed by atoms with van der Waals surface area (Å²) >= 11 is 7.63. The van der Waals surface area contributed by atoms with Crippen LogP contribution in [0.3, 0.4) is 0 Å². The molecule has 2 heterocycles. The van der Waals surface area contributed by atoms with Crippen LogP contribution in [0.25, 0.3) is 33.6 Å². The predicted octanol–water partition coefficient (Wildman–Crippen LogP) is 4.63. The first-order valence-electron chi connectivity index (χ1n) is 7.52. The molecule has 0 atom stereocenters. The van der Waals surface area contributed by atoms with Crippen molar-refractivity contribution in [3.05, 3.63) is 58.2 Å². The maximum absolute atomic E-state index is 10.6. The SMILES string of the molecule is Cn1nnnc1-c1cc(-c2ccsc2)c(-c2ccc(Cl)cc2)cc1O. The Morgan fingerprint density at radius 3 is 2.40 bits per heavy atom. The molecule has 5 nitrogen and oxygen atoms in total. The maximum atomic E-state index is 10.6. The standard InChI is InChI=1S/C18H13ClN4OS/c1-23-18(20-21-22-23)16-8-14(12-6-7-25-10-12)15(9-17(16)24)11-2-4-13(19)5-3-11/h2-10,24H,1H3. The minimum atomic E-state index is 0.127. The molecule has 2 aromatic carbocycles. The zero-order chi connectivity index (χ0) is 17.4. The lowest BCUT2D eigenvalue weighted by Crippen LogP contribution is -1.96. The highest BCUT2D eigenvalue weighted by Gasteiger charge is 2.17. The van der Waals surface area contributed by atoms with Crippen molar-refractivity contribution < 1.29 is 5.11 Å². The average molecular weight is 369 g/mol. The largest absolute Gasteiger partial charge is 0.507 e. The summed E-state index contributed by atoms with van der Waals surface area (Å²) in [6.45, 7) is 0. The highest BCUT2D eigenvalue weighted by Crippen LogP contribution is 2.40. The van der Waals surface area contributed by atoms with Gasteiger partial charge in [0.1, 0.15) is 5.75 Å². The van der Waals surface area contributed by atoms with Gasteiger partial charge in [-0.1, -0.05) is 23.7 Å². The Labute approximate surface area is 153 Å². The molecule has 0 saturated carbocycles. The second-order valence-corrected chi connectivity index (χ2v) is 6.78. The van der Waals surface area contributed by atoms with Crippen LogP contribution in [-0.4, -0.2) is 25.3 Å². The van der Waals surface area contributed by atoms with Crippen LogP contribution in [0, 0.1) is 0 Å². The van der Waals surface area contributed by atoms with E-state index < -0.39 is 0 Å². The molecule has 0 spiro atoms. The van der Waals surface area contributed by atoms with Gasteiger partial charge in [-0.2, -0.15) is 11.3 Å². The lowest BCUT2D eigenvalue weighted by Gasteiger charge is -2.13. The van der Waals surface area contributed by atoms with Gasteiger partial charge in [0.15, 0.2) is 5.82 Å². The van der Waals surface area contributed by atoms with E-state index in [1.807, 2.05) is 35.7 Å². The Morgan fingerprint density at radius 1 is 1.00 bits per heavy atom. The third-order valence-corrected chi connectivity index (χ3v) is 4.92. The summed E-state index contributed by atoms with van der Waals surface area (Å²) in [6.07, 6.45) is 0. The van der Waals surface area contributed by atoms with Crippen molar-refractivity contribution in [1.29, 1.82) is 0 Å². The number of phenolic OH excluding ortho intramolecular Hbond substituents is 1. The Balaban J connectivity index is 1.97. The number of tetrazole rings is 1. The molecule has 0 aliphatic rings. The van der Waals surface area contributed by atoms with Crippen LogP contribution in [0.1, 0.15) is 0 Å². The van der Waals surface area contributed by atoms with Crippen molar-refractivity contribution in [1.82, 2.24) is 20.2 Å². The van der Waals surface area contributed by atoms with Gasteiger partial charge in [-0.05, 0) is 73.8 Å². The number of aryl methyl sites for hydroxylation is 1. The van der Waals surface area contributed by atoms with Crippen molar-refractivity contribution in [2.75, 3.05) is 0 Å². The lowest BCUT2D eigenvalue weighted by molar-refractivity contribution is 0.476. The van der Waals surface area contributed by atoms with Crippen LogP contribution in [0.5, 0.6) is 5.75 Å². The number of hydrogen-bond donors (Lipinski definition) is 1. The van der Waals surface area contributed by atoms with E-state index in [0.717, 1.165) is 22.3 Å². The lowest BCUT2D eigenvalue weighted by atomic mass is 9.93. The average Bonchev–Trinajstić information content (AvgIpc) is 3.27. The molecule has 0 amide bonds. The van der Waals surface area contributed by atoms with Crippen molar-refractivity contribution >= 4 is 22.9 Å². The fraction of sp³-hybridized carbons (Fsp3) is 0.0556. The van der Waals surface area contributed by atoms with Gasteiger partial charge in [-0.25, -0.2) is 4.68 Å². The van der Waals surface area contributed by atoms with Crippen LogP contribution in [0.15, 0.2) is 53.2 Å². The number of nitrogens with zero attached hydrogens (tertiary/aromatic N) is 4. The minimum Gasteiger partial charge on any atom is -0.507 e. The third-order valence-electron chi connectivity index (χ3n) is 3.98. The number of halogens is 1. The Morgan fingerprint density at radius 2 is 1.76 bits per heavy atom. The third kappa shape index (κ3) is 2.90. The van der Waals surface area contributed by atoms with Crippen LogP contribution in [-0.2, 0) is 7.05 Å². The topological polar surface area (TPSA) is 63.8 Å². The van der Waals surface area contributed by atoms with E-state index in [2.05, 4.69) is 27.0 Å². The monoisotopic (exact) mass is 368 g/mol. The van der Waals surface area contributed by atoms with E-state index in [4.69, 9.17) is 11.6 Å². The van der Waals surface area contributed by atoms with E-state index in [9.17, 15) is 5.11 Å². The summed E-state index contributed by atoms with van der Waals surface area (Å²) < 4.78 is 1.54. The molecule has 25 heavy (non-hydrogen) atoms. The molecule has 1 N–H and O–H groups in total. The Hall–Kier alpha value is -2.70. The van der Waals surface area contributed by atoms with E-state index in [0.29, 0.717) is 16.4 Å². The number of benzene rings is 2. The Bertz CT molecular complexity index is 1030. The van der Waals surface area contributed by atoms with Crippen molar-refractivity contribution in [3.63, 3.8) is 0 Å². The summed E-state index contributed by atoms with van der Waals surface area (Å²) in [4.78, 5) is 0. The van der Waals surface area contributed by atoms with Gasteiger partial charge >= 0.3 is 0 Å². The molecule has 0 unspecified atom stereocenters. The maximum Gasteiger partial charge on any atom is 0.185 e. The summed E-state index contributed by atoms with van der Waals surface area (Å²) in [7, 11) is 1.74. The van der Waals surface area contributed by atoms with Crippen LogP contribution < -0.4 is 0 Å². The highest BCUT2D eigenvalue weighted by molar-refractivity contribution is 7.08. The number of phenols is 1. The molecule has 0 aliphatic carbocycles. The molecule has 0 radical (unpaired) electrons. The van der Waals surface area contributed by atoms with Gasteiger partial charge in [0.25, 0.3) is 0 Å². The second kappa shape index (κ2) is 6.31. The van der Waals surface area contributed by atoms with Crippen LogP contribution in [0.2, 0.25) is 5.02 Å². The number of hydrogen-bond acceptors (Lipinski definition) is 5. The summed E-state index contributed by atoms with van der Waals surface area (Å²) in [5.41, 5.74) is 4.56. The van der Waals surface area contributed by atoms with E-state index in [-0.39, 0.29) is 5.75 Å². The molecule has 4 aromatic rings. The van der Waals surface area contributed by atoms with Crippen LogP contribution in [0.4, 0.5) is 0 Å². The number of rotatable bonds is 3. The van der Waals surface area contributed by atoms with Crippen molar-refractivity contribution in [2.24, 2.45) is 7.05 Å². The number of aromatic hydroxyl groups is 1. The fourth-order valence-corrected chi connectivity index (χ4v) is 3.53. The quantitative estimate of drug-likeness (QED) is 0.572. The van der Waals surface area contributed by atoms with Crippen molar-refractivity contribution in [2.45, 2.75) is 0 Å². The van der Waals surface area contributed by atoms with Gasteiger partial charge in [0.05, 0.1) is 5.56 Å². The number of aromatic nitrogens is 4. The summed E-state index contributed by atoms with van der Waals surface area (Å²) in [5.74, 6) is 0.637. The molecule has 0 saturated heterocycles. The van der Waals surface area contributed by atoms with E-state index >= 15 is 0 Å². The van der Waals surface area contributed by atoms with Crippen LogP contribution >= 0.6 is 22.9 Å². The first-order valence-corrected chi connectivity index (χ1v) is 8.84. The van der Waals surface area contributed by atoms with Gasteiger partial charge < -0.3 is 5.11 Å². The van der Waals surface area contributed by atoms with Gasteiger partial charge in [0, 0.05) is 12.1 Å². The zero-order valence-electron chi connectivity index (χ0n) is 13.2. The molecule has 0 fully saturated rings. The zero-order valence-corrected chi connectivity index (χ0v) is 14.8. The normalized spacial score (nSPS) is 11.0. The second-order valence-electron chi connectivity index (χ2n) is 5.56. The van der Waals surface area contributed by atoms with Crippen molar-refractivity contribution in [3.8, 4) is 39.4 Å². The minimum absolute atomic E-state index is 0.127. The first-order chi connectivity index (χ1) is 12.1. The molecule has 124 valence electrons. The molecule has 0 aliphatic heterocycles. The van der Waals surface area contributed by atoms with E-state index in [1.54, 1.807) is 24.5 Å². The van der Waals surface area contributed by atoms with Gasteiger partial charge in [-0.15, -0.1) is 5.10 Å². The molecule has 2 aromatic heterocycles. The van der Waals surface area contributed by atoms with Gasteiger partial charge in [0.2, 0.25) is 0 Å². The number of thiophene rings is 1. The Kier molecular flexibility index (Phi) is 3.99. The smallest absolute Gasteiger partial charge is 0.185 e. The van der Waals surface area contributed by atoms with Gasteiger partial charge in [-0.3, -0.25) is 0 Å². The highest BCUT2D eigenvalue weighted by atomic mass is 35.5. The molecule has 4 rings (SSSR count). The molecule has 0 bridgehead atoms.